The molecule has 0 aliphatic carbocycles. The minimum absolute atomic E-state index is 0.0862. The minimum atomic E-state index is -0.749. The largest absolute Gasteiger partial charge is 0.496 e. The van der Waals surface area contributed by atoms with Crippen LogP contribution in [0.3, 0.4) is 0 Å². The Labute approximate surface area is 206 Å². The van der Waals surface area contributed by atoms with Crippen LogP contribution in [0, 0.1) is 11.8 Å². The van der Waals surface area contributed by atoms with Gasteiger partial charge in [0.2, 0.25) is 11.8 Å². The van der Waals surface area contributed by atoms with Crippen molar-refractivity contribution < 1.29 is 23.9 Å². The van der Waals surface area contributed by atoms with Crippen LogP contribution in [-0.4, -0.2) is 54.7 Å². The van der Waals surface area contributed by atoms with Gasteiger partial charge in [-0.3, -0.25) is 19.2 Å². The summed E-state index contributed by atoms with van der Waals surface area (Å²) < 4.78 is 5.29. The molecule has 4 N–H and O–H groups in total. The van der Waals surface area contributed by atoms with E-state index >= 15 is 0 Å². The third kappa shape index (κ3) is 8.42. The highest BCUT2D eigenvalue weighted by molar-refractivity contribution is 6.01. The molecule has 0 bridgehead atoms. The van der Waals surface area contributed by atoms with Gasteiger partial charge in [0.25, 0.3) is 5.91 Å². The molecular weight excluding hydrogens is 448 g/mol. The van der Waals surface area contributed by atoms with Crippen LogP contribution in [0.4, 0.5) is 0 Å². The van der Waals surface area contributed by atoms with Crippen molar-refractivity contribution in [3.8, 4) is 5.75 Å². The van der Waals surface area contributed by atoms with Gasteiger partial charge in [-0.1, -0.05) is 33.8 Å². The number of H-pyrrole nitrogens is 1. The maximum Gasteiger partial charge on any atom is 0.268 e. The molecule has 1 aromatic carbocycles. The second-order valence-corrected chi connectivity index (χ2v) is 9.33. The molecule has 0 radical (unpaired) electrons. The zero-order chi connectivity index (χ0) is 26.0. The standard InChI is InChI=1S/C22H28N4O5.C4H10/c1-3-18(27)16(10-13-6-5-9-23-21(13)29)26-20(28)12-24-22(30)17-11-14-15(25-17)7-4-8-19(14)31-2;1-4(2)3/h4,7-8,11,13,16,25H,3,5-6,9-10,12H2,1-2H3,(H,23,29)(H,24,30)(H,26,28);4H,1-3H3/t13-,16-;/m0./s1. The Morgan fingerprint density at radius 3 is 2.54 bits per heavy atom. The molecule has 1 aliphatic rings. The van der Waals surface area contributed by atoms with Gasteiger partial charge in [-0.15, -0.1) is 0 Å². The van der Waals surface area contributed by atoms with Crippen molar-refractivity contribution in [3.05, 3.63) is 30.0 Å². The molecule has 192 valence electrons. The van der Waals surface area contributed by atoms with E-state index in [1.807, 2.05) is 12.1 Å². The average molecular weight is 487 g/mol. The summed E-state index contributed by atoms with van der Waals surface area (Å²) in [7, 11) is 1.55. The topological polar surface area (TPSA) is 129 Å². The fourth-order valence-corrected chi connectivity index (χ4v) is 3.79. The first-order valence-corrected chi connectivity index (χ1v) is 12.2. The Bertz CT molecular complexity index is 1030. The molecule has 0 spiro atoms. The van der Waals surface area contributed by atoms with Gasteiger partial charge in [-0.05, 0) is 43.4 Å². The number of fused-ring (bicyclic) bond motifs is 1. The summed E-state index contributed by atoms with van der Waals surface area (Å²) in [5, 5.41) is 8.79. The van der Waals surface area contributed by atoms with Crippen LogP contribution in [0.1, 0.15) is 63.9 Å². The summed E-state index contributed by atoms with van der Waals surface area (Å²) in [6.45, 7) is 8.57. The molecule has 1 fully saturated rings. The van der Waals surface area contributed by atoms with Crippen molar-refractivity contribution in [1.29, 1.82) is 0 Å². The predicted octanol–water partition coefficient (Wildman–Crippen LogP) is 2.95. The number of piperidine rings is 1. The summed E-state index contributed by atoms with van der Waals surface area (Å²) in [4.78, 5) is 52.2. The van der Waals surface area contributed by atoms with Crippen LogP contribution in [-0.2, 0) is 14.4 Å². The van der Waals surface area contributed by atoms with E-state index in [1.54, 1.807) is 26.2 Å². The highest BCUT2D eigenvalue weighted by Crippen LogP contribution is 2.26. The number of nitrogens with one attached hydrogen (secondary N) is 4. The zero-order valence-electron chi connectivity index (χ0n) is 21.3. The van der Waals surface area contributed by atoms with Crippen molar-refractivity contribution in [2.24, 2.45) is 11.8 Å². The molecule has 35 heavy (non-hydrogen) atoms. The van der Waals surface area contributed by atoms with E-state index in [0.717, 1.165) is 23.2 Å². The average Bonchev–Trinajstić information content (AvgIpc) is 3.27. The number of benzene rings is 1. The SMILES string of the molecule is CC(C)C.CCC(=O)[C@H](C[C@@H]1CCCNC1=O)NC(=O)CNC(=O)c1cc2c(OC)cccc2[nH]1. The van der Waals surface area contributed by atoms with Crippen LogP contribution >= 0.6 is 0 Å². The third-order valence-corrected chi connectivity index (χ3v) is 5.49. The van der Waals surface area contributed by atoms with Crippen molar-refractivity contribution in [3.63, 3.8) is 0 Å². The molecule has 1 aromatic heterocycles. The molecule has 2 atom stereocenters. The molecule has 1 aliphatic heterocycles. The Morgan fingerprint density at radius 1 is 1.20 bits per heavy atom. The van der Waals surface area contributed by atoms with Gasteiger partial charge in [-0.2, -0.15) is 0 Å². The first kappa shape index (κ1) is 27.9. The summed E-state index contributed by atoms with van der Waals surface area (Å²) >= 11 is 0. The molecule has 2 aromatic rings. The maximum atomic E-state index is 12.5. The van der Waals surface area contributed by atoms with Gasteiger partial charge < -0.3 is 25.7 Å². The number of hydrogen-bond donors (Lipinski definition) is 4. The quantitative estimate of drug-likeness (QED) is 0.433. The number of aromatic nitrogens is 1. The highest BCUT2D eigenvalue weighted by Gasteiger charge is 2.29. The molecule has 3 rings (SSSR count). The summed E-state index contributed by atoms with van der Waals surface area (Å²) in [5.74, 6) is 0.0184. The molecule has 0 saturated carbocycles. The van der Waals surface area contributed by atoms with E-state index in [2.05, 4.69) is 41.7 Å². The van der Waals surface area contributed by atoms with Gasteiger partial charge in [0.05, 0.1) is 19.7 Å². The Kier molecular flexibility index (Phi) is 10.8. The van der Waals surface area contributed by atoms with Crippen molar-refractivity contribution in [2.45, 2.75) is 59.4 Å². The Hall–Kier alpha value is -3.36. The van der Waals surface area contributed by atoms with Gasteiger partial charge >= 0.3 is 0 Å². The van der Waals surface area contributed by atoms with Crippen LogP contribution in [0.2, 0.25) is 0 Å². The lowest BCUT2D eigenvalue weighted by Crippen LogP contribution is -2.48. The fourth-order valence-electron chi connectivity index (χ4n) is 3.79. The number of hydrogen-bond acceptors (Lipinski definition) is 5. The molecule has 3 amide bonds. The number of methoxy groups -OCH3 is 1. The van der Waals surface area contributed by atoms with E-state index in [4.69, 9.17) is 4.74 Å². The molecule has 2 heterocycles. The minimum Gasteiger partial charge on any atom is -0.496 e. The lowest BCUT2D eigenvalue weighted by molar-refractivity contribution is -0.130. The maximum absolute atomic E-state index is 12.5. The zero-order valence-corrected chi connectivity index (χ0v) is 21.3. The number of carbonyl (C=O) groups excluding carboxylic acids is 4. The van der Waals surface area contributed by atoms with Crippen LogP contribution < -0.4 is 20.7 Å². The number of rotatable bonds is 9. The fraction of sp³-hybridized carbons (Fsp3) is 0.538. The van der Waals surface area contributed by atoms with Gasteiger partial charge in [0.15, 0.2) is 5.78 Å². The number of carbonyl (C=O) groups is 4. The van der Waals surface area contributed by atoms with Crippen LogP contribution in [0.25, 0.3) is 10.9 Å². The number of ether oxygens (including phenoxy) is 1. The van der Waals surface area contributed by atoms with E-state index in [1.165, 1.54) is 0 Å². The lowest BCUT2D eigenvalue weighted by atomic mass is 9.89. The van der Waals surface area contributed by atoms with Gasteiger partial charge in [0, 0.05) is 29.8 Å². The molecule has 9 heteroatoms. The summed E-state index contributed by atoms with van der Waals surface area (Å²) in [5.41, 5.74) is 1.04. The van der Waals surface area contributed by atoms with E-state index in [-0.39, 0.29) is 37.0 Å². The van der Waals surface area contributed by atoms with E-state index in [9.17, 15) is 19.2 Å². The molecule has 0 unspecified atom stereocenters. The van der Waals surface area contributed by atoms with E-state index in [0.29, 0.717) is 24.4 Å². The van der Waals surface area contributed by atoms with Gasteiger partial charge in [-0.25, -0.2) is 0 Å². The Morgan fingerprint density at radius 2 is 1.91 bits per heavy atom. The van der Waals surface area contributed by atoms with Crippen LogP contribution in [0.15, 0.2) is 24.3 Å². The van der Waals surface area contributed by atoms with E-state index < -0.39 is 17.9 Å². The third-order valence-electron chi connectivity index (χ3n) is 5.49. The van der Waals surface area contributed by atoms with Crippen molar-refractivity contribution >= 4 is 34.4 Å². The van der Waals surface area contributed by atoms with Crippen molar-refractivity contribution in [1.82, 2.24) is 20.9 Å². The first-order chi connectivity index (χ1) is 16.7. The number of Topliss-reactive ketones (excluding diaryl/α,β-unsaturated/α-hetero) is 1. The number of ketones is 1. The normalized spacial score (nSPS) is 16.1. The molecular formula is C26H38N4O5. The predicted molar refractivity (Wildman–Crippen MR) is 135 cm³/mol. The van der Waals surface area contributed by atoms with Gasteiger partial charge in [0.1, 0.15) is 11.4 Å². The van der Waals surface area contributed by atoms with Crippen molar-refractivity contribution in [2.75, 3.05) is 20.2 Å². The lowest BCUT2D eigenvalue weighted by Gasteiger charge is -2.26. The molecule has 9 nitrogen and oxygen atoms in total. The highest BCUT2D eigenvalue weighted by atomic mass is 16.5. The smallest absolute Gasteiger partial charge is 0.268 e. The second-order valence-electron chi connectivity index (χ2n) is 9.33. The van der Waals surface area contributed by atoms with Crippen LogP contribution in [0.5, 0.6) is 5.75 Å². The first-order valence-electron chi connectivity index (χ1n) is 12.2. The Balaban J connectivity index is 0.00000100. The second kappa shape index (κ2) is 13.5. The summed E-state index contributed by atoms with van der Waals surface area (Å²) in [6.07, 6.45) is 2.06. The summed E-state index contributed by atoms with van der Waals surface area (Å²) in [6, 6.07) is 6.34. The number of amides is 3. The monoisotopic (exact) mass is 486 g/mol. The molecule has 1 saturated heterocycles. The number of aromatic amines is 1.